The van der Waals surface area contributed by atoms with Gasteiger partial charge in [-0.25, -0.2) is 0 Å². The Labute approximate surface area is 125 Å². The first kappa shape index (κ1) is 14.8. The fourth-order valence-electron chi connectivity index (χ4n) is 2.63. The molecule has 106 valence electrons. The van der Waals surface area contributed by atoms with Crippen LogP contribution in [-0.2, 0) is 0 Å². The maximum Gasteiger partial charge on any atom is 0.254 e. The van der Waals surface area contributed by atoms with E-state index in [1.165, 1.54) is 5.39 Å². The third-order valence-corrected chi connectivity index (χ3v) is 3.76. The van der Waals surface area contributed by atoms with Gasteiger partial charge in [-0.2, -0.15) is 0 Å². The largest absolute Gasteiger partial charge is 0.333 e. The van der Waals surface area contributed by atoms with Crippen LogP contribution in [0.25, 0.3) is 10.8 Å². The first-order valence-electron chi connectivity index (χ1n) is 6.76. The fraction of sp³-hybridized carbons (Fsp3) is 0.312. The summed E-state index contributed by atoms with van der Waals surface area (Å²) in [6, 6.07) is 14.3. The lowest BCUT2D eigenvalue weighted by atomic mass is 10.1. The Bertz CT molecular complexity index is 614. The molecule has 3 nitrogen and oxygen atoms in total. The maximum absolute atomic E-state index is 12.6. The van der Waals surface area contributed by atoms with Crippen LogP contribution in [0.1, 0.15) is 17.3 Å². The average Bonchev–Trinajstić information content (AvgIpc) is 2.46. The van der Waals surface area contributed by atoms with Gasteiger partial charge in [-0.3, -0.25) is 4.79 Å². The van der Waals surface area contributed by atoms with Gasteiger partial charge in [0.2, 0.25) is 0 Å². The number of amides is 1. The van der Waals surface area contributed by atoms with Gasteiger partial charge < -0.3 is 10.2 Å². The van der Waals surface area contributed by atoms with Crippen LogP contribution in [0.5, 0.6) is 0 Å². The summed E-state index contributed by atoms with van der Waals surface area (Å²) in [7, 11) is 0. The van der Waals surface area contributed by atoms with Crippen LogP contribution in [-0.4, -0.2) is 36.5 Å². The number of fused-ring (bicyclic) bond motifs is 1. The van der Waals surface area contributed by atoms with E-state index >= 15 is 0 Å². The number of piperazine rings is 1. The smallest absolute Gasteiger partial charge is 0.254 e. The second-order valence-corrected chi connectivity index (χ2v) is 5.11. The van der Waals surface area contributed by atoms with E-state index in [9.17, 15) is 4.79 Å². The summed E-state index contributed by atoms with van der Waals surface area (Å²) in [6.07, 6.45) is 0. The van der Waals surface area contributed by atoms with Crippen molar-refractivity contribution in [2.45, 2.75) is 13.0 Å². The molecule has 1 atom stereocenters. The molecule has 2 aromatic rings. The van der Waals surface area contributed by atoms with E-state index in [0.29, 0.717) is 0 Å². The molecule has 1 unspecified atom stereocenters. The molecule has 4 heteroatoms. The number of rotatable bonds is 1. The Hall–Kier alpha value is -1.58. The van der Waals surface area contributed by atoms with E-state index in [2.05, 4.69) is 18.3 Å². The van der Waals surface area contributed by atoms with Crippen molar-refractivity contribution >= 4 is 29.1 Å². The molecule has 0 aromatic heterocycles. The summed E-state index contributed by atoms with van der Waals surface area (Å²) in [5, 5.41) is 5.60. The van der Waals surface area contributed by atoms with Crippen molar-refractivity contribution < 1.29 is 4.79 Å². The molecule has 2 aromatic carbocycles. The van der Waals surface area contributed by atoms with E-state index in [-0.39, 0.29) is 24.4 Å². The van der Waals surface area contributed by atoms with Crippen molar-refractivity contribution in [2.24, 2.45) is 0 Å². The molecule has 0 saturated carbocycles. The topological polar surface area (TPSA) is 32.3 Å². The van der Waals surface area contributed by atoms with Gasteiger partial charge in [-0.15, -0.1) is 12.4 Å². The summed E-state index contributed by atoms with van der Waals surface area (Å²) in [5.41, 5.74) is 0.785. The lowest BCUT2D eigenvalue weighted by Gasteiger charge is -2.34. The molecular formula is C16H19ClN2O. The van der Waals surface area contributed by atoms with Gasteiger partial charge in [0.15, 0.2) is 0 Å². The maximum atomic E-state index is 12.6. The van der Waals surface area contributed by atoms with Crippen LogP contribution < -0.4 is 5.32 Å². The highest BCUT2D eigenvalue weighted by Gasteiger charge is 2.23. The average molecular weight is 291 g/mol. The highest BCUT2D eigenvalue weighted by atomic mass is 35.5. The van der Waals surface area contributed by atoms with Crippen LogP contribution in [0.4, 0.5) is 0 Å². The lowest BCUT2D eigenvalue weighted by Crippen LogP contribution is -2.52. The van der Waals surface area contributed by atoms with Crippen LogP contribution >= 0.6 is 12.4 Å². The minimum atomic E-state index is 0. The third-order valence-electron chi connectivity index (χ3n) is 3.76. The van der Waals surface area contributed by atoms with E-state index in [1.807, 2.05) is 41.3 Å². The summed E-state index contributed by atoms with van der Waals surface area (Å²) in [6.45, 7) is 4.63. The number of hydrogen-bond acceptors (Lipinski definition) is 2. The molecule has 20 heavy (non-hydrogen) atoms. The Morgan fingerprint density at radius 3 is 2.70 bits per heavy atom. The molecule has 1 aliphatic rings. The van der Waals surface area contributed by atoms with Crippen molar-refractivity contribution in [1.82, 2.24) is 10.2 Å². The first-order valence-corrected chi connectivity index (χ1v) is 6.76. The van der Waals surface area contributed by atoms with Gasteiger partial charge in [-0.05, 0) is 29.8 Å². The molecule has 1 saturated heterocycles. The van der Waals surface area contributed by atoms with E-state index in [0.717, 1.165) is 30.6 Å². The molecule has 0 spiro atoms. The molecule has 3 rings (SSSR count). The molecule has 1 aliphatic heterocycles. The summed E-state index contributed by atoms with van der Waals surface area (Å²) in [5.74, 6) is 0.139. The minimum absolute atomic E-state index is 0. The number of nitrogens with one attached hydrogen (secondary N) is 1. The normalized spacial score (nSPS) is 18.6. The Morgan fingerprint density at radius 2 is 1.95 bits per heavy atom. The van der Waals surface area contributed by atoms with Gasteiger partial charge >= 0.3 is 0 Å². The number of carbonyl (C=O) groups excluding carboxylic acids is 1. The minimum Gasteiger partial charge on any atom is -0.333 e. The number of carbonyl (C=O) groups is 1. The summed E-state index contributed by atoms with van der Waals surface area (Å²) < 4.78 is 0. The first-order chi connectivity index (χ1) is 9.25. The second kappa shape index (κ2) is 6.25. The number of nitrogens with zero attached hydrogens (tertiary/aromatic N) is 1. The molecule has 0 radical (unpaired) electrons. The molecule has 0 bridgehead atoms. The van der Waals surface area contributed by atoms with Gasteiger partial charge in [0.1, 0.15) is 0 Å². The van der Waals surface area contributed by atoms with Gasteiger partial charge in [-0.1, -0.05) is 30.3 Å². The van der Waals surface area contributed by atoms with E-state index in [4.69, 9.17) is 0 Å². The zero-order valence-electron chi connectivity index (χ0n) is 11.5. The third kappa shape index (κ3) is 2.79. The van der Waals surface area contributed by atoms with Crippen molar-refractivity contribution in [3.8, 4) is 0 Å². The second-order valence-electron chi connectivity index (χ2n) is 5.11. The number of benzene rings is 2. The molecule has 1 heterocycles. The quantitative estimate of drug-likeness (QED) is 0.876. The molecule has 1 fully saturated rings. The predicted octanol–water partition coefficient (Wildman–Crippen LogP) is 2.70. The van der Waals surface area contributed by atoms with E-state index in [1.54, 1.807) is 0 Å². The fourth-order valence-corrected chi connectivity index (χ4v) is 2.63. The summed E-state index contributed by atoms with van der Waals surface area (Å²) >= 11 is 0. The standard InChI is InChI=1S/C16H18N2O.ClH/c1-12-11-17-8-9-18(12)16(19)15-7-6-13-4-2-3-5-14(13)10-15;/h2-7,10,12,17H,8-9,11H2,1H3;1H. The zero-order valence-corrected chi connectivity index (χ0v) is 12.3. The predicted molar refractivity (Wildman–Crippen MR) is 84.6 cm³/mol. The van der Waals surface area contributed by atoms with Gasteiger partial charge in [0.05, 0.1) is 0 Å². The highest BCUT2D eigenvalue weighted by molar-refractivity contribution is 5.98. The number of hydrogen-bond donors (Lipinski definition) is 1. The molecular weight excluding hydrogens is 272 g/mol. The van der Waals surface area contributed by atoms with Crippen LogP contribution in [0.3, 0.4) is 0 Å². The Morgan fingerprint density at radius 1 is 1.20 bits per heavy atom. The van der Waals surface area contributed by atoms with Crippen LogP contribution in [0.15, 0.2) is 42.5 Å². The van der Waals surface area contributed by atoms with Crippen LogP contribution in [0, 0.1) is 0 Å². The van der Waals surface area contributed by atoms with Crippen molar-refractivity contribution in [2.75, 3.05) is 19.6 Å². The zero-order chi connectivity index (χ0) is 13.2. The van der Waals surface area contributed by atoms with Gasteiger partial charge in [0.25, 0.3) is 5.91 Å². The molecule has 1 N–H and O–H groups in total. The Balaban J connectivity index is 0.00000147. The Kier molecular flexibility index (Phi) is 4.63. The van der Waals surface area contributed by atoms with Crippen molar-refractivity contribution in [1.29, 1.82) is 0 Å². The van der Waals surface area contributed by atoms with E-state index < -0.39 is 0 Å². The van der Waals surface area contributed by atoms with Crippen LogP contribution in [0.2, 0.25) is 0 Å². The number of halogens is 1. The SMILES string of the molecule is CC1CNCCN1C(=O)c1ccc2ccccc2c1.Cl. The molecule has 0 aliphatic carbocycles. The van der Waals surface area contributed by atoms with Crippen molar-refractivity contribution in [3.05, 3.63) is 48.0 Å². The highest BCUT2D eigenvalue weighted by Crippen LogP contribution is 2.18. The molecule has 1 amide bonds. The lowest BCUT2D eigenvalue weighted by molar-refractivity contribution is 0.0656. The summed E-state index contributed by atoms with van der Waals surface area (Å²) in [4.78, 5) is 14.5. The van der Waals surface area contributed by atoms with Gasteiger partial charge in [0, 0.05) is 31.2 Å². The van der Waals surface area contributed by atoms with Crippen molar-refractivity contribution in [3.63, 3.8) is 0 Å². The monoisotopic (exact) mass is 290 g/mol.